The van der Waals surface area contributed by atoms with E-state index in [1.807, 2.05) is 0 Å². The lowest BCUT2D eigenvalue weighted by atomic mass is 10.3. The summed E-state index contributed by atoms with van der Waals surface area (Å²) in [6, 6.07) is 6.33. The standard InChI is InChI=1S/C11H6Cl2O3S/c12-6-1-2-7(13)9(5-6)16-8-3-4-17-10(8)11(14)15/h1-5H,(H,14,15). The molecule has 1 aromatic heterocycles. The maximum atomic E-state index is 10.9. The molecule has 0 atom stereocenters. The second-order valence-corrected chi connectivity index (χ2v) is 4.86. The minimum atomic E-state index is -1.03. The Hall–Kier alpha value is -1.23. The van der Waals surface area contributed by atoms with Crippen molar-refractivity contribution < 1.29 is 14.6 Å². The van der Waals surface area contributed by atoms with Gasteiger partial charge in [0.2, 0.25) is 0 Å². The number of rotatable bonds is 3. The van der Waals surface area contributed by atoms with Crippen molar-refractivity contribution in [1.82, 2.24) is 0 Å². The van der Waals surface area contributed by atoms with E-state index in [0.717, 1.165) is 11.3 Å². The summed E-state index contributed by atoms with van der Waals surface area (Å²) in [5, 5.41) is 11.4. The van der Waals surface area contributed by atoms with Gasteiger partial charge in [0.1, 0.15) is 5.75 Å². The maximum absolute atomic E-state index is 10.9. The molecule has 2 rings (SSSR count). The molecule has 0 saturated carbocycles. The number of halogens is 2. The molecule has 0 aliphatic carbocycles. The molecule has 88 valence electrons. The highest BCUT2D eigenvalue weighted by Crippen LogP contribution is 2.35. The number of carboxylic acids is 1. The number of ether oxygens (including phenoxy) is 1. The van der Waals surface area contributed by atoms with Crippen molar-refractivity contribution in [3.63, 3.8) is 0 Å². The van der Waals surface area contributed by atoms with Crippen molar-refractivity contribution in [3.8, 4) is 11.5 Å². The van der Waals surface area contributed by atoms with Crippen LogP contribution >= 0.6 is 34.5 Å². The molecule has 6 heteroatoms. The highest BCUT2D eigenvalue weighted by Gasteiger charge is 2.14. The van der Waals surface area contributed by atoms with Gasteiger partial charge in [0.25, 0.3) is 0 Å². The van der Waals surface area contributed by atoms with Crippen LogP contribution in [0.5, 0.6) is 11.5 Å². The first-order valence-corrected chi connectivity index (χ1v) is 6.15. The van der Waals surface area contributed by atoms with Crippen LogP contribution in [0.25, 0.3) is 0 Å². The minimum absolute atomic E-state index is 0.126. The Bertz CT molecular complexity index is 566. The lowest BCUT2D eigenvalue weighted by Gasteiger charge is -2.07. The van der Waals surface area contributed by atoms with Crippen molar-refractivity contribution in [3.05, 3.63) is 44.6 Å². The van der Waals surface area contributed by atoms with Gasteiger partial charge in [0.15, 0.2) is 10.6 Å². The van der Waals surface area contributed by atoms with Crippen LogP contribution in [0, 0.1) is 0 Å². The van der Waals surface area contributed by atoms with Gasteiger partial charge in [-0.25, -0.2) is 4.79 Å². The first-order valence-electron chi connectivity index (χ1n) is 4.51. The van der Waals surface area contributed by atoms with Gasteiger partial charge in [-0.05, 0) is 23.6 Å². The highest BCUT2D eigenvalue weighted by molar-refractivity contribution is 7.12. The van der Waals surface area contributed by atoms with E-state index in [1.165, 1.54) is 6.07 Å². The molecule has 1 aromatic carbocycles. The SMILES string of the molecule is O=C(O)c1sccc1Oc1cc(Cl)ccc1Cl. The Balaban J connectivity index is 2.34. The molecule has 0 amide bonds. The monoisotopic (exact) mass is 288 g/mol. The van der Waals surface area contributed by atoms with Crippen LogP contribution in [-0.2, 0) is 0 Å². The van der Waals surface area contributed by atoms with Gasteiger partial charge in [-0.15, -0.1) is 11.3 Å². The Morgan fingerprint density at radius 2 is 2.00 bits per heavy atom. The quantitative estimate of drug-likeness (QED) is 0.901. The zero-order chi connectivity index (χ0) is 12.4. The van der Waals surface area contributed by atoms with Crippen LogP contribution in [0.4, 0.5) is 0 Å². The number of benzene rings is 1. The second kappa shape index (κ2) is 4.96. The van der Waals surface area contributed by atoms with Crippen LogP contribution in [0.1, 0.15) is 9.67 Å². The summed E-state index contributed by atoms with van der Waals surface area (Å²) in [6.07, 6.45) is 0. The Kier molecular flexibility index (Phi) is 3.57. The molecule has 0 spiro atoms. The Morgan fingerprint density at radius 1 is 1.24 bits per heavy atom. The fourth-order valence-electron chi connectivity index (χ4n) is 1.21. The third kappa shape index (κ3) is 2.72. The maximum Gasteiger partial charge on any atom is 0.349 e. The smallest absolute Gasteiger partial charge is 0.349 e. The van der Waals surface area contributed by atoms with Crippen LogP contribution in [0.2, 0.25) is 10.0 Å². The lowest BCUT2D eigenvalue weighted by Crippen LogP contribution is -1.95. The first-order chi connectivity index (χ1) is 8.08. The van der Waals surface area contributed by atoms with Gasteiger partial charge in [-0.3, -0.25) is 0 Å². The van der Waals surface area contributed by atoms with E-state index in [2.05, 4.69) is 0 Å². The number of hydrogen-bond donors (Lipinski definition) is 1. The van der Waals surface area contributed by atoms with Crippen LogP contribution in [-0.4, -0.2) is 11.1 Å². The molecule has 0 radical (unpaired) electrons. The van der Waals surface area contributed by atoms with E-state index in [9.17, 15) is 4.79 Å². The summed E-state index contributed by atoms with van der Waals surface area (Å²) >= 11 is 12.8. The Labute approximate surface area is 111 Å². The third-order valence-electron chi connectivity index (χ3n) is 1.94. The largest absolute Gasteiger partial charge is 0.477 e. The summed E-state index contributed by atoms with van der Waals surface area (Å²) in [7, 11) is 0. The number of aromatic carboxylic acids is 1. The summed E-state index contributed by atoms with van der Waals surface area (Å²) in [4.78, 5) is 11.0. The second-order valence-electron chi connectivity index (χ2n) is 3.10. The molecule has 3 nitrogen and oxygen atoms in total. The van der Waals surface area contributed by atoms with E-state index in [4.69, 9.17) is 33.0 Å². The topological polar surface area (TPSA) is 46.5 Å². The third-order valence-corrected chi connectivity index (χ3v) is 3.37. The van der Waals surface area contributed by atoms with Gasteiger partial charge in [0.05, 0.1) is 5.02 Å². The molecule has 1 heterocycles. The van der Waals surface area contributed by atoms with Gasteiger partial charge < -0.3 is 9.84 Å². The Morgan fingerprint density at radius 3 is 2.71 bits per heavy atom. The summed E-state index contributed by atoms with van der Waals surface area (Å²) in [6.45, 7) is 0. The number of carboxylic acid groups (broad SMARTS) is 1. The number of thiophene rings is 1. The summed E-state index contributed by atoms with van der Waals surface area (Å²) in [5.74, 6) is -0.445. The van der Waals surface area contributed by atoms with E-state index in [1.54, 1.807) is 23.6 Å². The lowest BCUT2D eigenvalue weighted by molar-refractivity contribution is 0.0700. The summed E-state index contributed by atoms with van der Waals surface area (Å²) in [5.41, 5.74) is 0. The van der Waals surface area contributed by atoms with Gasteiger partial charge >= 0.3 is 5.97 Å². The number of carbonyl (C=O) groups is 1. The molecule has 2 aromatic rings. The predicted octanol–water partition coefficient (Wildman–Crippen LogP) is 4.55. The van der Waals surface area contributed by atoms with Crippen LogP contribution in [0.3, 0.4) is 0 Å². The van der Waals surface area contributed by atoms with Gasteiger partial charge in [-0.1, -0.05) is 23.2 Å². The molecule has 0 bridgehead atoms. The van der Waals surface area contributed by atoms with Crippen LogP contribution < -0.4 is 4.74 Å². The summed E-state index contributed by atoms with van der Waals surface area (Å²) < 4.78 is 5.44. The van der Waals surface area contributed by atoms with Crippen molar-refractivity contribution in [2.75, 3.05) is 0 Å². The van der Waals surface area contributed by atoms with E-state index >= 15 is 0 Å². The normalized spacial score (nSPS) is 10.2. The van der Waals surface area contributed by atoms with Gasteiger partial charge in [-0.2, -0.15) is 0 Å². The molecule has 0 aliphatic heterocycles. The predicted molar refractivity (Wildman–Crippen MR) is 67.8 cm³/mol. The molecule has 17 heavy (non-hydrogen) atoms. The fraction of sp³-hybridized carbons (Fsp3) is 0. The van der Waals surface area contributed by atoms with E-state index in [0.29, 0.717) is 15.8 Å². The van der Waals surface area contributed by atoms with E-state index in [-0.39, 0.29) is 10.6 Å². The van der Waals surface area contributed by atoms with E-state index < -0.39 is 5.97 Å². The van der Waals surface area contributed by atoms with Crippen molar-refractivity contribution >= 4 is 40.5 Å². The minimum Gasteiger partial charge on any atom is -0.477 e. The van der Waals surface area contributed by atoms with Crippen LogP contribution in [0.15, 0.2) is 29.6 Å². The van der Waals surface area contributed by atoms with Crippen molar-refractivity contribution in [1.29, 1.82) is 0 Å². The molecule has 0 aliphatic rings. The highest BCUT2D eigenvalue weighted by atomic mass is 35.5. The molecular formula is C11H6Cl2O3S. The molecule has 0 fully saturated rings. The average molecular weight is 289 g/mol. The van der Waals surface area contributed by atoms with Crippen molar-refractivity contribution in [2.45, 2.75) is 0 Å². The average Bonchev–Trinajstić information content (AvgIpc) is 2.71. The zero-order valence-corrected chi connectivity index (χ0v) is 10.6. The first kappa shape index (κ1) is 12.2. The van der Waals surface area contributed by atoms with Crippen molar-refractivity contribution in [2.24, 2.45) is 0 Å². The number of hydrogen-bond acceptors (Lipinski definition) is 3. The fourth-order valence-corrected chi connectivity index (χ4v) is 2.18. The zero-order valence-electron chi connectivity index (χ0n) is 8.31. The molecule has 0 unspecified atom stereocenters. The molecular weight excluding hydrogens is 283 g/mol. The molecule has 1 N–H and O–H groups in total. The van der Waals surface area contributed by atoms with Gasteiger partial charge in [0, 0.05) is 11.1 Å². The molecule has 0 saturated heterocycles.